The number of fused-ring (bicyclic) bond motifs is 1. The number of nitrogens with zero attached hydrogens (tertiary/aromatic N) is 2. The van der Waals surface area contributed by atoms with Gasteiger partial charge >= 0.3 is 0 Å². The molecule has 0 unspecified atom stereocenters. The Kier molecular flexibility index (Phi) is 4.07. The summed E-state index contributed by atoms with van der Waals surface area (Å²) in [7, 11) is 0. The van der Waals surface area contributed by atoms with Crippen LogP contribution in [0.15, 0.2) is 36.4 Å². The van der Waals surface area contributed by atoms with Crippen LogP contribution in [-0.4, -0.2) is 15.4 Å². The van der Waals surface area contributed by atoms with Gasteiger partial charge in [0.05, 0.1) is 16.1 Å². The standard InChI is InChI=1S/C15H10Cl3FN2/c16-5-4-15-20-13-8-12(19)11(18)7-14(13)21(15)10-3-1-2-9(17)6-10/h1-3,6-8H,4-5H2. The molecule has 0 aliphatic rings. The highest BCUT2D eigenvalue weighted by Gasteiger charge is 2.15. The number of rotatable bonds is 3. The molecule has 0 N–H and O–H groups in total. The van der Waals surface area contributed by atoms with Gasteiger partial charge in [-0.05, 0) is 24.3 Å². The minimum Gasteiger partial charge on any atom is -0.296 e. The highest BCUT2D eigenvalue weighted by Crippen LogP contribution is 2.28. The van der Waals surface area contributed by atoms with Crippen LogP contribution in [0.1, 0.15) is 5.82 Å². The number of hydrogen-bond donors (Lipinski definition) is 0. The van der Waals surface area contributed by atoms with Gasteiger partial charge in [-0.15, -0.1) is 11.6 Å². The van der Waals surface area contributed by atoms with Crippen molar-refractivity contribution in [1.29, 1.82) is 0 Å². The minimum atomic E-state index is -0.489. The number of aromatic nitrogens is 2. The van der Waals surface area contributed by atoms with Crippen molar-refractivity contribution < 1.29 is 4.39 Å². The molecule has 0 bridgehead atoms. The molecule has 0 aliphatic carbocycles. The van der Waals surface area contributed by atoms with Gasteiger partial charge in [0, 0.05) is 29.1 Å². The van der Waals surface area contributed by atoms with E-state index in [4.69, 9.17) is 34.8 Å². The van der Waals surface area contributed by atoms with E-state index in [1.165, 1.54) is 6.07 Å². The van der Waals surface area contributed by atoms with E-state index in [0.29, 0.717) is 22.8 Å². The summed E-state index contributed by atoms with van der Waals surface area (Å²) in [6.07, 6.45) is 0.558. The van der Waals surface area contributed by atoms with E-state index < -0.39 is 5.82 Å². The van der Waals surface area contributed by atoms with Crippen LogP contribution in [0.3, 0.4) is 0 Å². The van der Waals surface area contributed by atoms with Crippen molar-refractivity contribution in [1.82, 2.24) is 9.55 Å². The summed E-state index contributed by atoms with van der Waals surface area (Å²) in [5, 5.41) is 0.669. The normalized spacial score (nSPS) is 11.2. The summed E-state index contributed by atoms with van der Waals surface area (Å²) < 4.78 is 15.5. The average molecular weight is 344 g/mol. The monoisotopic (exact) mass is 342 g/mol. The summed E-state index contributed by atoms with van der Waals surface area (Å²) in [6, 6.07) is 10.3. The lowest BCUT2D eigenvalue weighted by Gasteiger charge is -2.09. The fourth-order valence-electron chi connectivity index (χ4n) is 2.28. The molecule has 0 amide bonds. The summed E-state index contributed by atoms with van der Waals surface area (Å²) in [5.74, 6) is 0.668. The van der Waals surface area contributed by atoms with Crippen molar-refractivity contribution in [2.45, 2.75) is 6.42 Å². The van der Waals surface area contributed by atoms with Gasteiger partial charge in [-0.1, -0.05) is 29.3 Å². The maximum absolute atomic E-state index is 13.6. The Bertz CT molecular complexity index is 814. The smallest absolute Gasteiger partial charge is 0.144 e. The topological polar surface area (TPSA) is 17.8 Å². The zero-order chi connectivity index (χ0) is 15.0. The number of imidazole rings is 1. The van der Waals surface area contributed by atoms with Crippen LogP contribution in [0.4, 0.5) is 4.39 Å². The molecular weight excluding hydrogens is 334 g/mol. The Labute approximate surface area is 136 Å². The largest absolute Gasteiger partial charge is 0.296 e. The third kappa shape index (κ3) is 2.73. The summed E-state index contributed by atoms with van der Waals surface area (Å²) in [6.45, 7) is 0. The lowest BCUT2D eigenvalue weighted by atomic mass is 10.2. The molecule has 0 spiro atoms. The van der Waals surface area contributed by atoms with Gasteiger partial charge in [-0.3, -0.25) is 4.57 Å². The van der Waals surface area contributed by atoms with Crippen molar-refractivity contribution in [3.05, 3.63) is 58.1 Å². The van der Waals surface area contributed by atoms with Gasteiger partial charge in [0.25, 0.3) is 0 Å². The van der Waals surface area contributed by atoms with Gasteiger partial charge in [0.1, 0.15) is 11.6 Å². The first kappa shape index (κ1) is 14.6. The van der Waals surface area contributed by atoms with E-state index in [9.17, 15) is 4.39 Å². The quantitative estimate of drug-likeness (QED) is 0.594. The van der Waals surface area contributed by atoms with Crippen LogP contribution >= 0.6 is 34.8 Å². The molecule has 6 heteroatoms. The first-order valence-corrected chi connectivity index (χ1v) is 7.57. The Morgan fingerprint density at radius 2 is 1.95 bits per heavy atom. The number of alkyl halides is 1. The molecule has 3 rings (SSSR count). The Balaban J connectivity index is 2.32. The molecule has 0 radical (unpaired) electrons. The predicted octanol–water partition coefficient (Wildman–Crippen LogP) is 5.25. The van der Waals surface area contributed by atoms with E-state index >= 15 is 0 Å². The van der Waals surface area contributed by atoms with Crippen LogP contribution in [-0.2, 0) is 6.42 Å². The van der Waals surface area contributed by atoms with Crippen LogP contribution in [0.5, 0.6) is 0 Å². The SMILES string of the molecule is Fc1cc2nc(CCCl)n(-c3cccc(Cl)c3)c2cc1Cl. The average Bonchev–Trinajstić information content (AvgIpc) is 2.77. The van der Waals surface area contributed by atoms with E-state index in [-0.39, 0.29) is 5.02 Å². The van der Waals surface area contributed by atoms with Crippen molar-refractivity contribution in [3.63, 3.8) is 0 Å². The van der Waals surface area contributed by atoms with E-state index in [0.717, 1.165) is 17.0 Å². The molecule has 2 nitrogen and oxygen atoms in total. The van der Waals surface area contributed by atoms with Crippen LogP contribution in [0.2, 0.25) is 10.0 Å². The summed E-state index contributed by atoms with van der Waals surface area (Å²) >= 11 is 17.8. The molecule has 1 heterocycles. The number of hydrogen-bond acceptors (Lipinski definition) is 1. The second kappa shape index (κ2) is 5.84. The molecule has 2 aromatic carbocycles. The molecule has 21 heavy (non-hydrogen) atoms. The molecule has 1 aromatic heterocycles. The van der Waals surface area contributed by atoms with Crippen molar-refractivity contribution in [2.24, 2.45) is 0 Å². The van der Waals surface area contributed by atoms with Gasteiger partial charge in [0.15, 0.2) is 0 Å². The van der Waals surface area contributed by atoms with Gasteiger partial charge in [-0.25, -0.2) is 9.37 Å². The zero-order valence-electron chi connectivity index (χ0n) is 10.8. The lowest BCUT2D eigenvalue weighted by molar-refractivity contribution is 0.630. The maximum atomic E-state index is 13.6. The number of halogens is 4. The van der Waals surface area contributed by atoms with Crippen LogP contribution in [0.25, 0.3) is 16.7 Å². The summed E-state index contributed by atoms with van der Waals surface area (Å²) in [4.78, 5) is 4.45. The van der Waals surface area contributed by atoms with E-state index in [1.54, 1.807) is 12.1 Å². The molecule has 3 aromatic rings. The fourth-order valence-corrected chi connectivity index (χ4v) is 2.79. The van der Waals surface area contributed by atoms with Crippen molar-refractivity contribution >= 4 is 45.8 Å². The molecule has 108 valence electrons. The molecule has 0 saturated carbocycles. The highest BCUT2D eigenvalue weighted by molar-refractivity contribution is 6.31. The second-order valence-electron chi connectivity index (χ2n) is 4.54. The lowest BCUT2D eigenvalue weighted by Crippen LogP contribution is -2.02. The third-order valence-corrected chi connectivity index (χ3v) is 3.86. The van der Waals surface area contributed by atoms with Gasteiger partial charge in [0.2, 0.25) is 0 Å². The second-order valence-corrected chi connectivity index (χ2v) is 5.76. The number of aryl methyl sites for hydroxylation is 1. The van der Waals surface area contributed by atoms with Gasteiger partial charge in [-0.2, -0.15) is 0 Å². The number of benzene rings is 2. The third-order valence-electron chi connectivity index (χ3n) is 3.15. The summed E-state index contributed by atoms with van der Waals surface area (Å²) in [5.41, 5.74) is 2.11. The van der Waals surface area contributed by atoms with Crippen LogP contribution in [0, 0.1) is 5.82 Å². The van der Waals surface area contributed by atoms with Gasteiger partial charge < -0.3 is 0 Å². The maximum Gasteiger partial charge on any atom is 0.144 e. The Hall–Kier alpha value is -1.29. The molecular formula is C15H10Cl3FN2. The van der Waals surface area contributed by atoms with E-state index in [2.05, 4.69) is 4.98 Å². The Morgan fingerprint density at radius 1 is 1.14 bits per heavy atom. The van der Waals surface area contributed by atoms with E-state index in [1.807, 2.05) is 22.8 Å². The zero-order valence-corrected chi connectivity index (χ0v) is 13.1. The minimum absolute atomic E-state index is 0.0584. The molecule has 0 atom stereocenters. The molecule has 0 aliphatic heterocycles. The van der Waals surface area contributed by atoms with Crippen LogP contribution < -0.4 is 0 Å². The first-order valence-electron chi connectivity index (χ1n) is 6.28. The Morgan fingerprint density at radius 3 is 2.67 bits per heavy atom. The predicted molar refractivity (Wildman–Crippen MR) is 85.5 cm³/mol. The van der Waals surface area contributed by atoms with Crippen molar-refractivity contribution in [3.8, 4) is 5.69 Å². The fraction of sp³-hybridized carbons (Fsp3) is 0.133. The highest BCUT2D eigenvalue weighted by atomic mass is 35.5. The molecule has 0 saturated heterocycles. The molecule has 0 fully saturated rings. The van der Waals surface area contributed by atoms with Crippen molar-refractivity contribution in [2.75, 3.05) is 5.88 Å². The first-order chi connectivity index (χ1) is 10.1.